The van der Waals surface area contributed by atoms with Crippen LogP contribution in [-0.2, 0) is 0 Å². The number of hydrogen-bond acceptors (Lipinski definition) is 1. The molecule has 72 valence electrons. The van der Waals surface area contributed by atoms with E-state index in [0.29, 0.717) is 15.6 Å². The second-order valence-corrected chi connectivity index (χ2v) is 3.51. The Morgan fingerprint density at radius 1 is 1.38 bits per heavy atom. The van der Waals surface area contributed by atoms with Gasteiger partial charge in [-0.05, 0) is 18.1 Å². The molecule has 0 aliphatic carbocycles. The van der Waals surface area contributed by atoms with Gasteiger partial charge in [0.2, 0.25) is 0 Å². The van der Waals surface area contributed by atoms with Crippen molar-refractivity contribution in [2.45, 2.75) is 12.5 Å². The fraction of sp³-hybridized carbons (Fsp3) is 0.333. The molecule has 1 atom stereocenters. The van der Waals surface area contributed by atoms with Crippen LogP contribution in [0.2, 0.25) is 10.0 Å². The molecule has 0 aliphatic rings. The number of halogens is 3. The van der Waals surface area contributed by atoms with Gasteiger partial charge in [0.1, 0.15) is 0 Å². The first-order valence-corrected chi connectivity index (χ1v) is 4.68. The molecular weight excluding hydrogens is 212 g/mol. The molecule has 2 N–H and O–H groups in total. The molecule has 0 aromatic heterocycles. The SMILES string of the molecule is N[C@@H](CCF)c1cccc(Cl)c1Cl. The lowest BCUT2D eigenvalue weighted by molar-refractivity contribution is 0.442. The van der Waals surface area contributed by atoms with E-state index >= 15 is 0 Å². The fourth-order valence-corrected chi connectivity index (χ4v) is 1.53. The van der Waals surface area contributed by atoms with Gasteiger partial charge in [0, 0.05) is 6.04 Å². The Labute approximate surface area is 86.6 Å². The molecule has 0 aliphatic heterocycles. The third-order valence-corrected chi connectivity index (χ3v) is 2.63. The highest BCUT2D eigenvalue weighted by Crippen LogP contribution is 2.29. The number of rotatable bonds is 3. The second-order valence-electron chi connectivity index (χ2n) is 2.73. The monoisotopic (exact) mass is 221 g/mol. The maximum absolute atomic E-state index is 12.0. The van der Waals surface area contributed by atoms with Crippen molar-refractivity contribution >= 4 is 23.2 Å². The summed E-state index contributed by atoms with van der Waals surface area (Å²) < 4.78 is 12.0. The Morgan fingerprint density at radius 2 is 2.08 bits per heavy atom. The minimum atomic E-state index is -0.454. The maximum Gasteiger partial charge on any atom is 0.0912 e. The summed E-state index contributed by atoms with van der Waals surface area (Å²) in [5.74, 6) is 0. The van der Waals surface area contributed by atoms with E-state index in [-0.39, 0.29) is 12.5 Å². The topological polar surface area (TPSA) is 26.0 Å². The van der Waals surface area contributed by atoms with Gasteiger partial charge < -0.3 is 5.73 Å². The van der Waals surface area contributed by atoms with Crippen molar-refractivity contribution < 1.29 is 4.39 Å². The molecule has 0 fully saturated rings. The summed E-state index contributed by atoms with van der Waals surface area (Å²) in [5, 5.41) is 0.874. The van der Waals surface area contributed by atoms with Gasteiger partial charge in [-0.2, -0.15) is 0 Å². The molecule has 0 saturated heterocycles. The lowest BCUT2D eigenvalue weighted by atomic mass is 10.1. The number of alkyl halides is 1. The summed E-state index contributed by atoms with van der Waals surface area (Å²) in [4.78, 5) is 0. The maximum atomic E-state index is 12.0. The Kier molecular flexibility index (Phi) is 3.97. The van der Waals surface area contributed by atoms with Crippen molar-refractivity contribution in [3.8, 4) is 0 Å². The molecule has 0 unspecified atom stereocenters. The van der Waals surface area contributed by atoms with Crippen molar-refractivity contribution in [2.24, 2.45) is 5.73 Å². The molecule has 0 amide bonds. The highest BCUT2D eigenvalue weighted by atomic mass is 35.5. The largest absolute Gasteiger partial charge is 0.324 e. The van der Waals surface area contributed by atoms with Crippen LogP contribution in [0, 0.1) is 0 Å². The summed E-state index contributed by atoms with van der Waals surface area (Å²) in [6.07, 6.45) is 0.264. The molecule has 0 saturated carbocycles. The Bertz CT molecular complexity index is 291. The van der Waals surface area contributed by atoms with Gasteiger partial charge >= 0.3 is 0 Å². The normalized spacial score (nSPS) is 12.9. The Hall–Kier alpha value is -0.310. The standard InChI is InChI=1S/C9H10Cl2FN/c10-7-3-1-2-6(9(7)11)8(13)4-5-12/h1-3,8H,4-5,13H2/t8-/m0/s1. The van der Waals surface area contributed by atoms with E-state index in [1.54, 1.807) is 18.2 Å². The van der Waals surface area contributed by atoms with E-state index in [1.807, 2.05) is 0 Å². The summed E-state index contributed by atoms with van der Waals surface area (Å²) in [6, 6.07) is 4.81. The summed E-state index contributed by atoms with van der Waals surface area (Å²) in [6.45, 7) is -0.454. The lowest BCUT2D eigenvalue weighted by Crippen LogP contribution is -2.11. The van der Waals surface area contributed by atoms with Crippen LogP contribution in [0.15, 0.2) is 18.2 Å². The third kappa shape index (κ3) is 2.56. The van der Waals surface area contributed by atoms with Crippen LogP contribution in [0.25, 0.3) is 0 Å². The molecule has 1 rings (SSSR count). The molecule has 0 bridgehead atoms. The van der Waals surface area contributed by atoms with Gasteiger partial charge in [0.25, 0.3) is 0 Å². The van der Waals surface area contributed by atoms with E-state index < -0.39 is 6.67 Å². The average Bonchev–Trinajstić information content (AvgIpc) is 2.10. The van der Waals surface area contributed by atoms with Gasteiger partial charge in [-0.25, -0.2) is 0 Å². The van der Waals surface area contributed by atoms with Gasteiger partial charge in [-0.1, -0.05) is 35.3 Å². The highest BCUT2D eigenvalue weighted by molar-refractivity contribution is 6.42. The number of benzene rings is 1. The number of nitrogens with two attached hydrogens (primary N) is 1. The molecule has 0 spiro atoms. The molecule has 0 heterocycles. The van der Waals surface area contributed by atoms with Gasteiger partial charge in [0.15, 0.2) is 0 Å². The van der Waals surface area contributed by atoms with E-state index in [1.165, 1.54) is 0 Å². The number of hydrogen-bond donors (Lipinski definition) is 1. The van der Waals surface area contributed by atoms with Crippen molar-refractivity contribution in [3.05, 3.63) is 33.8 Å². The first kappa shape index (κ1) is 10.8. The second kappa shape index (κ2) is 4.80. The fourth-order valence-electron chi connectivity index (χ4n) is 1.08. The van der Waals surface area contributed by atoms with Crippen LogP contribution in [0.5, 0.6) is 0 Å². The van der Waals surface area contributed by atoms with Gasteiger partial charge in [-0.15, -0.1) is 0 Å². The lowest BCUT2D eigenvalue weighted by Gasteiger charge is -2.12. The van der Waals surface area contributed by atoms with Crippen molar-refractivity contribution in [2.75, 3.05) is 6.67 Å². The van der Waals surface area contributed by atoms with Crippen LogP contribution in [0.1, 0.15) is 18.0 Å². The Morgan fingerprint density at radius 3 is 2.69 bits per heavy atom. The summed E-state index contributed by atoms with van der Waals surface area (Å²) in [5.41, 5.74) is 6.39. The summed E-state index contributed by atoms with van der Waals surface area (Å²) >= 11 is 11.7. The quantitative estimate of drug-likeness (QED) is 0.833. The smallest absolute Gasteiger partial charge is 0.0912 e. The van der Waals surface area contributed by atoms with Crippen LogP contribution in [0.3, 0.4) is 0 Å². The molecule has 0 radical (unpaired) electrons. The zero-order chi connectivity index (χ0) is 9.84. The molecule has 1 aromatic rings. The van der Waals surface area contributed by atoms with Gasteiger partial charge in [-0.3, -0.25) is 4.39 Å². The molecule has 13 heavy (non-hydrogen) atoms. The van der Waals surface area contributed by atoms with Crippen LogP contribution >= 0.6 is 23.2 Å². The third-order valence-electron chi connectivity index (χ3n) is 1.80. The average molecular weight is 222 g/mol. The predicted octanol–water partition coefficient (Wildman–Crippen LogP) is 3.35. The first-order valence-electron chi connectivity index (χ1n) is 3.92. The van der Waals surface area contributed by atoms with Crippen molar-refractivity contribution in [1.82, 2.24) is 0 Å². The van der Waals surface area contributed by atoms with Gasteiger partial charge in [0.05, 0.1) is 16.7 Å². The minimum absolute atomic E-state index is 0.264. The minimum Gasteiger partial charge on any atom is -0.324 e. The molecule has 4 heteroatoms. The van der Waals surface area contributed by atoms with E-state index in [2.05, 4.69) is 0 Å². The predicted molar refractivity (Wildman–Crippen MR) is 54.0 cm³/mol. The zero-order valence-corrected chi connectivity index (χ0v) is 8.45. The highest BCUT2D eigenvalue weighted by Gasteiger charge is 2.11. The van der Waals surface area contributed by atoms with Crippen LogP contribution in [-0.4, -0.2) is 6.67 Å². The van der Waals surface area contributed by atoms with E-state index in [0.717, 1.165) is 0 Å². The van der Waals surface area contributed by atoms with E-state index in [9.17, 15) is 4.39 Å². The van der Waals surface area contributed by atoms with E-state index in [4.69, 9.17) is 28.9 Å². The Balaban J connectivity index is 2.93. The van der Waals surface area contributed by atoms with Crippen LogP contribution in [0.4, 0.5) is 4.39 Å². The van der Waals surface area contributed by atoms with Crippen LogP contribution < -0.4 is 5.73 Å². The van der Waals surface area contributed by atoms with Crippen molar-refractivity contribution in [3.63, 3.8) is 0 Å². The van der Waals surface area contributed by atoms with Crippen molar-refractivity contribution in [1.29, 1.82) is 0 Å². The molecular formula is C9H10Cl2FN. The zero-order valence-electron chi connectivity index (χ0n) is 6.93. The molecule has 1 aromatic carbocycles. The summed E-state index contributed by atoms with van der Waals surface area (Å²) in [7, 11) is 0. The first-order chi connectivity index (χ1) is 6.16. The molecule has 1 nitrogen and oxygen atoms in total.